The van der Waals surface area contributed by atoms with Gasteiger partial charge in [0.15, 0.2) is 0 Å². The predicted octanol–water partition coefficient (Wildman–Crippen LogP) is 2.57. The van der Waals surface area contributed by atoms with E-state index in [1.807, 2.05) is 0 Å². The van der Waals surface area contributed by atoms with Crippen LogP contribution in [0.1, 0.15) is 36.5 Å². The van der Waals surface area contributed by atoms with Gasteiger partial charge in [-0.15, -0.1) is 0 Å². The zero-order chi connectivity index (χ0) is 13.8. The molecule has 1 aromatic carbocycles. The molecule has 2 unspecified atom stereocenters. The Morgan fingerprint density at radius 1 is 1.47 bits per heavy atom. The molecule has 0 spiro atoms. The standard InChI is InChI=1S/C15H21NO3/c1-10-3-4-11(7-10)9-16-15(18)13-8-12(19-2)5-6-14(13)17/h5-6,8,10-11,17H,3-4,7,9H2,1-2H3,(H,16,18). The Bertz CT molecular complexity index is 459. The van der Waals surface area contributed by atoms with Crippen molar-refractivity contribution >= 4 is 5.91 Å². The first kappa shape index (κ1) is 13.7. The molecule has 1 aliphatic rings. The third kappa shape index (κ3) is 3.40. The van der Waals surface area contributed by atoms with Crippen molar-refractivity contribution in [2.24, 2.45) is 11.8 Å². The van der Waals surface area contributed by atoms with Crippen molar-refractivity contribution in [3.8, 4) is 11.5 Å². The molecule has 104 valence electrons. The molecule has 0 aliphatic heterocycles. The molecule has 0 radical (unpaired) electrons. The van der Waals surface area contributed by atoms with Gasteiger partial charge in [-0.05, 0) is 42.9 Å². The Morgan fingerprint density at radius 3 is 2.89 bits per heavy atom. The van der Waals surface area contributed by atoms with Gasteiger partial charge in [0, 0.05) is 6.54 Å². The fourth-order valence-electron chi connectivity index (χ4n) is 2.67. The third-order valence-corrected chi connectivity index (χ3v) is 3.80. The first-order valence-electron chi connectivity index (χ1n) is 6.75. The van der Waals surface area contributed by atoms with Gasteiger partial charge >= 0.3 is 0 Å². The van der Waals surface area contributed by atoms with Crippen LogP contribution in [0.15, 0.2) is 18.2 Å². The summed E-state index contributed by atoms with van der Waals surface area (Å²) >= 11 is 0. The fourth-order valence-corrected chi connectivity index (χ4v) is 2.67. The quantitative estimate of drug-likeness (QED) is 0.877. The van der Waals surface area contributed by atoms with Crippen LogP contribution in [0.4, 0.5) is 0 Å². The lowest BCUT2D eigenvalue weighted by Gasteiger charge is -2.12. The van der Waals surface area contributed by atoms with Crippen LogP contribution in [0.5, 0.6) is 11.5 Å². The molecule has 1 fully saturated rings. The summed E-state index contributed by atoms with van der Waals surface area (Å²) in [5, 5.41) is 12.6. The van der Waals surface area contributed by atoms with Crippen LogP contribution in [0, 0.1) is 11.8 Å². The van der Waals surface area contributed by atoms with E-state index in [0.717, 1.165) is 5.92 Å². The Kier molecular flexibility index (Phi) is 4.30. The Morgan fingerprint density at radius 2 is 2.26 bits per heavy atom. The van der Waals surface area contributed by atoms with Crippen LogP contribution in [-0.2, 0) is 0 Å². The number of carbonyl (C=O) groups is 1. The van der Waals surface area contributed by atoms with E-state index in [9.17, 15) is 9.90 Å². The second-order valence-electron chi connectivity index (χ2n) is 5.38. The van der Waals surface area contributed by atoms with Crippen LogP contribution < -0.4 is 10.1 Å². The number of benzene rings is 1. The van der Waals surface area contributed by atoms with Gasteiger partial charge in [0.2, 0.25) is 0 Å². The first-order valence-corrected chi connectivity index (χ1v) is 6.75. The number of hydrogen-bond donors (Lipinski definition) is 2. The summed E-state index contributed by atoms with van der Waals surface area (Å²) < 4.78 is 5.06. The lowest BCUT2D eigenvalue weighted by molar-refractivity contribution is 0.0944. The molecule has 0 heterocycles. The van der Waals surface area contributed by atoms with Gasteiger partial charge in [-0.2, -0.15) is 0 Å². The molecule has 1 amide bonds. The van der Waals surface area contributed by atoms with Crippen LogP contribution in [-0.4, -0.2) is 24.7 Å². The van der Waals surface area contributed by atoms with E-state index < -0.39 is 0 Å². The van der Waals surface area contributed by atoms with Gasteiger partial charge in [-0.1, -0.05) is 13.3 Å². The van der Waals surface area contributed by atoms with E-state index in [1.165, 1.54) is 32.4 Å². The molecule has 1 saturated carbocycles. The Hall–Kier alpha value is -1.71. The number of phenolic OH excluding ortho intramolecular Hbond substituents is 1. The van der Waals surface area contributed by atoms with E-state index in [2.05, 4.69) is 12.2 Å². The van der Waals surface area contributed by atoms with Gasteiger partial charge in [0.1, 0.15) is 11.5 Å². The van der Waals surface area contributed by atoms with Gasteiger partial charge in [0.25, 0.3) is 5.91 Å². The molecule has 1 aliphatic carbocycles. The van der Waals surface area contributed by atoms with Crippen molar-refractivity contribution in [2.45, 2.75) is 26.2 Å². The van der Waals surface area contributed by atoms with E-state index in [-0.39, 0.29) is 17.2 Å². The average molecular weight is 263 g/mol. The number of phenols is 1. The number of methoxy groups -OCH3 is 1. The summed E-state index contributed by atoms with van der Waals surface area (Å²) in [5.74, 6) is 1.63. The number of ether oxygens (including phenoxy) is 1. The molecule has 2 rings (SSSR count). The lowest BCUT2D eigenvalue weighted by Crippen LogP contribution is -2.28. The minimum absolute atomic E-state index is 0.0157. The number of carbonyl (C=O) groups excluding carboxylic acids is 1. The number of nitrogens with one attached hydrogen (secondary N) is 1. The zero-order valence-electron chi connectivity index (χ0n) is 11.5. The summed E-state index contributed by atoms with van der Waals surface area (Å²) in [6.45, 7) is 2.93. The van der Waals surface area contributed by atoms with Crippen molar-refractivity contribution in [1.29, 1.82) is 0 Å². The van der Waals surface area contributed by atoms with Gasteiger partial charge in [-0.3, -0.25) is 4.79 Å². The summed E-state index contributed by atoms with van der Waals surface area (Å²) in [7, 11) is 1.54. The number of rotatable bonds is 4. The maximum Gasteiger partial charge on any atom is 0.255 e. The first-order chi connectivity index (χ1) is 9.10. The second kappa shape index (κ2) is 5.95. The van der Waals surface area contributed by atoms with Crippen molar-refractivity contribution in [3.05, 3.63) is 23.8 Å². The Balaban J connectivity index is 1.96. The summed E-state index contributed by atoms with van der Waals surface area (Å²) in [4.78, 5) is 12.0. The molecule has 4 heteroatoms. The van der Waals surface area contributed by atoms with Crippen LogP contribution >= 0.6 is 0 Å². The van der Waals surface area contributed by atoms with Gasteiger partial charge < -0.3 is 15.2 Å². The smallest absolute Gasteiger partial charge is 0.255 e. The number of aromatic hydroxyl groups is 1. The highest BCUT2D eigenvalue weighted by Gasteiger charge is 2.22. The Labute approximate surface area is 113 Å². The highest BCUT2D eigenvalue weighted by atomic mass is 16.5. The summed E-state index contributed by atoms with van der Waals surface area (Å²) in [6.07, 6.45) is 3.58. The van der Waals surface area contributed by atoms with Gasteiger partial charge in [0.05, 0.1) is 12.7 Å². The maximum atomic E-state index is 12.0. The molecule has 2 N–H and O–H groups in total. The molecule has 0 aromatic heterocycles. The van der Waals surface area contributed by atoms with Gasteiger partial charge in [-0.25, -0.2) is 0 Å². The normalized spacial score (nSPS) is 22.2. The lowest BCUT2D eigenvalue weighted by atomic mass is 10.1. The molecule has 19 heavy (non-hydrogen) atoms. The SMILES string of the molecule is COc1ccc(O)c(C(=O)NCC2CCC(C)C2)c1. The van der Waals surface area contributed by atoms with Crippen LogP contribution in [0.25, 0.3) is 0 Å². The van der Waals surface area contributed by atoms with E-state index in [1.54, 1.807) is 12.1 Å². The third-order valence-electron chi connectivity index (χ3n) is 3.80. The minimum Gasteiger partial charge on any atom is -0.507 e. The summed E-state index contributed by atoms with van der Waals surface area (Å²) in [5.41, 5.74) is 0.269. The average Bonchev–Trinajstić information content (AvgIpc) is 2.82. The summed E-state index contributed by atoms with van der Waals surface area (Å²) in [6, 6.07) is 4.66. The number of amides is 1. The fraction of sp³-hybridized carbons (Fsp3) is 0.533. The van der Waals surface area contributed by atoms with Crippen molar-refractivity contribution < 1.29 is 14.6 Å². The molecular weight excluding hydrogens is 242 g/mol. The molecule has 2 atom stereocenters. The van der Waals surface area contributed by atoms with Crippen molar-refractivity contribution in [3.63, 3.8) is 0 Å². The second-order valence-corrected chi connectivity index (χ2v) is 5.38. The van der Waals surface area contributed by atoms with Crippen LogP contribution in [0.3, 0.4) is 0 Å². The number of hydrogen-bond acceptors (Lipinski definition) is 3. The van der Waals surface area contributed by atoms with E-state index >= 15 is 0 Å². The highest BCUT2D eigenvalue weighted by Crippen LogP contribution is 2.30. The minimum atomic E-state index is -0.240. The highest BCUT2D eigenvalue weighted by molar-refractivity contribution is 5.97. The van der Waals surface area contributed by atoms with Crippen molar-refractivity contribution in [1.82, 2.24) is 5.32 Å². The topological polar surface area (TPSA) is 58.6 Å². The predicted molar refractivity (Wildman–Crippen MR) is 73.5 cm³/mol. The molecule has 1 aromatic rings. The monoisotopic (exact) mass is 263 g/mol. The zero-order valence-corrected chi connectivity index (χ0v) is 11.5. The van der Waals surface area contributed by atoms with E-state index in [0.29, 0.717) is 18.2 Å². The molecular formula is C15H21NO3. The molecule has 4 nitrogen and oxygen atoms in total. The van der Waals surface area contributed by atoms with Crippen molar-refractivity contribution in [2.75, 3.05) is 13.7 Å². The largest absolute Gasteiger partial charge is 0.507 e. The van der Waals surface area contributed by atoms with Crippen LogP contribution in [0.2, 0.25) is 0 Å². The molecule has 0 bridgehead atoms. The molecule has 0 saturated heterocycles. The van der Waals surface area contributed by atoms with E-state index in [4.69, 9.17) is 4.74 Å². The maximum absolute atomic E-state index is 12.0.